The van der Waals surface area contributed by atoms with Crippen LogP contribution in [0.1, 0.15) is 44.0 Å². The number of carbonyl (C=O) groups excluding carboxylic acids is 2. The Hall–Kier alpha value is -2.87. The van der Waals surface area contributed by atoms with E-state index in [0.717, 1.165) is 42.1 Å². The first kappa shape index (κ1) is 21.4. The molecule has 1 aliphatic heterocycles. The predicted molar refractivity (Wildman–Crippen MR) is 117 cm³/mol. The lowest BCUT2D eigenvalue weighted by molar-refractivity contribution is -0.133. The SMILES string of the molecule is COc1ccc(-n2ncc3c2CC(C)(C)CC3NC(=O)CC2C(=O)NCCN2C)cc1. The lowest BCUT2D eigenvalue weighted by Gasteiger charge is -2.36. The topological polar surface area (TPSA) is 88.5 Å². The van der Waals surface area contributed by atoms with Gasteiger partial charge in [0.05, 0.1) is 43.2 Å². The molecule has 1 aromatic carbocycles. The number of nitrogens with zero attached hydrogens (tertiary/aromatic N) is 3. The van der Waals surface area contributed by atoms with Gasteiger partial charge in [-0.2, -0.15) is 5.10 Å². The van der Waals surface area contributed by atoms with Crippen molar-refractivity contribution in [3.05, 3.63) is 41.7 Å². The van der Waals surface area contributed by atoms with E-state index in [9.17, 15) is 9.59 Å². The number of nitrogens with one attached hydrogen (secondary N) is 2. The highest BCUT2D eigenvalue weighted by Gasteiger charge is 2.37. The third-order valence-electron chi connectivity index (χ3n) is 6.31. The van der Waals surface area contributed by atoms with Gasteiger partial charge in [0.15, 0.2) is 0 Å². The number of methoxy groups -OCH3 is 1. The molecule has 4 rings (SSSR count). The molecule has 2 N–H and O–H groups in total. The van der Waals surface area contributed by atoms with Crippen molar-refractivity contribution < 1.29 is 14.3 Å². The number of fused-ring (bicyclic) bond motifs is 1. The van der Waals surface area contributed by atoms with Gasteiger partial charge in [-0.3, -0.25) is 14.5 Å². The maximum absolute atomic E-state index is 12.9. The van der Waals surface area contributed by atoms with E-state index in [1.54, 1.807) is 7.11 Å². The predicted octanol–water partition coefficient (Wildman–Crippen LogP) is 1.83. The number of benzene rings is 1. The number of hydrogen-bond donors (Lipinski definition) is 2. The Kier molecular flexibility index (Phi) is 5.75. The van der Waals surface area contributed by atoms with Gasteiger partial charge in [0, 0.05) is 18.7 Å². The first-order chi connectivity index (χ1) is 14.8. The van der Waals surface area contributed by atoms with E-state index in [1.165, 1.54) is 0 Å². The molecule has 8 nitrogen and oxygen atoms in total. The number of likely N-dealkylation sites (N-methyl/N-ethyl adjacent to an activating group) is 1. The average Bonchev–Trinajstić information content (AvgIpc) is 3.13. The first-order valence-corrected chi connectivity index (χ1v) is 10.8. The Labute approximate surface area is 182 Å². The first-order valence-electron chi connectivity index (χ1n) is 10.8. The summed E-state index contributed by atoms with van der Waals surface area (Å²) >= 11 is 0. The summed E-state index contributed by atoms with van der Waals surface area (Å²) < 4.78 is 7.22. The molecule has 2 heterocycles. The summed E-state index contributed by atoms with van der Waals surface area (Å²) in [5, 5.41) is 10.7. The fraction of sp³-hybridized carbons (Fsp3) is 0.522. The molecule has 1 saturated heterocycles. The molecule has 0 bridgehead atoms. The van der Waals surface area contributed by atoms with Crippen molar-refractivity contribution in [3.63, 3.8) is 0 Å². The minimum atomic E-state index is -0.424. The number of rotatable bonds is 5. The fourth-order valence-corrected chi connectivity index (χ4v) is 4.62. The lowest BCUT2D eigenvalue weighted by Crippen LogP contribution is -2.55. The molecule has 0 spiro atoms. The Balaban J connectivity index is 1.55. The van der Waals surface area contributed by atoms with Crippen molar-refractivity contribution in [3.8, 4) is 11.4 Å². The van der Waals surface area contributed by atoms with Crippen LogP contribution in [0.2, 0.25) is 0 Å². The van der Waals surface area contributed by atoms with Gasteiger partial charge < -0.3 is 15.4 Å². The van der Waals surface area contributed by atoms with Crippen LogP contribution in [0.5, 0.6) is 5.75 Å². The van der Waals surface area contributed by atoms with Crippen LogP contribution in [0.4, 0.5) is 0 Å². The largest absolute Gasteiger partial charge is 0.497 e. The molecule has 0 radical (unpaired) electrons. The molecule has 8 heteroatoms. The van der Waals surface area contributed by atoms with Crippen molar-refractivity contribution in [2.75, 3.05) is 27.2 Å². The Morgan fingerprint density at radius 3 is 2.74 bits per heavy atom. The van der Waals surface area contributed by atoms with Gasteiger partial charge in [-0.25, -0.2) is 4.68 Å². The van der Waals surface area contributed by atoms with Gasteiger partial charge in [-0.05, 0) is 49.6 Å². The number of aromatic nitrogens is 2. The third-order valence-corrected chi connectivity index (χ3v) is 6.31. The summed E-state index contributed by atoms with van der Waals surface area (Å²) in [4.78, 5) is 27.0. The standard InChI is InChI=1S/C23H31N5O3/c1-23(2)12-18(26-21(29)11-19-22(30)24-9-10-27(19)3)17-14-25-28(20(17)13-23)15-5-7-16(31-4)8-6-15/h5-8,14,18-19H,9-13H2,1-4H3,(H,24,30)(H,26,29). The normalized spacial score (nSPS) is 23.0. The maximum atomic E-state index is 12.9. The van der Waals surface area contributed by atoms with Crippen molar-refractivity contribution in [1.29, 1.82) is 0 Å². The van der Waals surface area contributed by atoms with E-state index in [2.05, 4.69) is 29.6 Å². The van der Waals surface area contributed by atoms with Crippen LogP contribution in [0.25, 0.3) is 5.69 Å². The highest BCUT2D eigenvalue weighted by atomic mass is 16.5. The number of hydrogen-bond acceptors (Lipinski definition) is 5. The highest BCUT2D eigenvalue weighted by Crippen LogP contribution is 2.41. The molecule has 2 aliphatic rings. The van der Waals surface area contributed by atoms with E-state index in [1.807, 2.05) is 47.1 Å². The molecular weight excluding hydrogens is 394 g/mol. The molecule has 1 aliphatic carbocycles. The molecule has 0 saturated carbocycles. The van der Waals surface area contributed by atoms with E-state index >= 15 is 0 Å². The molecule has 31 heavy (non-hydrogen) atoms. The number of carbonyl (C=O) groups is 2. The summed E-state index contributed by atoms with van der Waals surface area (Å²) in [5.74, 6) is 0.604. The molecule has 2 atom stereocenters. The molecule has 166 valence electrons. The summed E-state index contributed by atoms with van der Waals surface area (Å²) in [6.07, 6.45) is 3.71. The van der Waals surface area contributed by atoms with Crippen LogP contribution >= 0.6 is 0 Å². The number of ether oxygens (including phenoxy) is 1. The van der Waals surface area contributed by atoms with E-state index in [-0.39, 0.29) is 29.7 Å². The summed E-state index contributed by atoms with van der Waals surface area (Å²) in [7, 11) is 3.53. The van der Waals surface area contributed by atoms with Crippen LogP contribution in [0.15, 0.2) is 30.5 Å². The zero-order chi connectivity index (χ0) is 22.2. The zero-order valence-electron chi connectivity index (χ0n) is 18.6. The second-order valence-electron chi connectivity index (χ2n) is 9.31. The van der Waals surface area contributed by atoms with E-state index in [0.29, 0.717) is 6.54 Å². The van der Waals surface area contributed by atoms with E-state index < -0.39 is 6.04 Å². The van der Waals surface area contributed by atoms with Crippen molar-refractivity contribution in [2.24, 2.45) is 5.41 Å². The Bertz CT molecular complexity index is 966. The molecule has 2 unspecified atom stereocenters. The molecule has 1 fully saturated rings. The van der Waals surface area contributed by atoms with Gasteiger partial charge in [0.2, 0.25) is 11.8 Å². The van der Waals surface area contributed by atoms with E-state index in [4.69, 9.17) is 4.74 Å². The lowest BCUT2D eigenvalue weighted by atomic mass is 9.74. The monoisotopic (exact) mass is 425 g/mol. The average molecular weight is 426 g/mol. The summed E-state index contributed by atoms with van der Waals surface area (Å²) in [5.41, 5.74) is 3.13. The second-order valence-corrected chi connectivity index (χ2v) is 9.31. The van der Waals surface area contributed by atoms with Gasteiger partial charge >= 0.3 is 0 Å². The molecule has 1 aromatic heterocycles. The van der Waals surface area contributed by atoms with Crippen LogP contribution < -0.4 is 15.4 Å². The van der Waals surface area contributed by atoms with Crippen molar-refractivity contribution in [1.82, 2.24) is 25.3 Å². The van der Waals surface area contributed by atoms with Crippen molar-refractivity contribution in [2.45, 2.75) is 45.2 Å². The highest BCUT2D eigenvalue weighted by molar-refractivity contribution is 5.89. The quantitative estimate of drug-likeness (QED) is 0.763. The minimum absolute atomic E-state index is 0.00814. The Morgan fingerprint density at radius 2 is 2.06 bits per heavy atom. The summed E-state index contributed by atoms with van der Waals surface area (Å²) in [6, 6.07) is 7.25. The zero-order valence-corrected chi connectivity index (χ0v) is 18.6. The third kappa shape index (κ3) is 4.44. The Morgan fingerprint density at radius 1 is 1.32 bits per heavy atom. The summed E-state index contributed by atoms with van der Waals surface area (Å²) in [6.45, 7) is 5.79. The smallest absolute Gasteiger partial charge is 0.237 e. The number of amides is 2. The van der Waals surface area contributed by atoms with Crippen LogP contribution in [0, 0.1) is 5.41 Å². The molecule has 2 aromatic rings. The van der Waals surface area contributed by atoms with Gasteiger partial charge in [-0.15, -0.1) is 0 Å². The molecular formula is C23H31N5O3. The minimum Gasteiger partial charge on any atom is -0.497 e. The van der Waals surface area contributed by atoms with Gasteiger partial charge in [0.1, 0.15) is 5.75 Å². The van der Waals surface area contributed by atoms with Gasteiger partial charge in [-0.1, -0.05) is 13.8 Å². The number of piperazine rings is 1. The fourth-order valence-electron chi connectivity index (χ4n) is 4.62. The second kappa shape index (κ2) is 8.34. The van der Waals surface area contributed by atoms with Crippen LogP contribution in [-0.2, 0) is 16.0 Å². The molecule has 2 amide bonds. The van der Waals surface area contributed by atoms with Gasteiger partial charge in [0.25, 0.3) is 0 Å². The van der Waals surface area contributed by atoms with Crippen LogP contribution in [-0.4, -0.2) is 59.8 Å². The maximum Gasteiger partial charge on any atom is 0.237 e. The van der Waals surface area contributed by atoms with Crippen molar-refractivity contribution >= 4 is 11.8 Å². The van der Waals surface area contributed by atoms with Crippen LogP contribution in [0.3, 0.4) is 0 Å².